The van der Waals surface area contributed by atoms with Gasteiger partial charge in [-0.15, -0.1) is 0 Å². The zero-order chi connectivity index (χ0) is 12.5. The molecule has 1 atom stereocenters. The van der Waals surface area contributed by atoms with Crippen LogP contribution in [0.3, 0.4) is 0 Å². The highest BCUT2D eigenvalue weighted by Crippen LogP contribution is 2.36. The molecular formula is C14H12N2O2. The fraction of sp³-hybridized carbons (Fsp3) is 0.0714. The molecule has 90 valence electrons. The number of hydroxylamine groups is 1. The number of hydrogen-bond acceptors (Lipinski definition) is 3. The van der Waals surface area contributed by atoms with Gasteiger partial charge >= 0.3 is 0 Å². The topological polar surface area (TPSA) is 64.4 Å². The van der Waals surface area contributed by atoms with E-state index in [4.69, 9.17) is 10.6 Å². The van der Waals surface area contributed by atoms with Gasteiger partial charge in [0.15, 0.2) is 5.75 Å². The number of carbonyl (C=O) groups is 1. The highest BCUT2D eigenvalue weighted by atomic mass is 16.7. The van der Waals surface area contributed by atoms with Crippen LogP contribution in [0.2, 0.25) is 0 Å². The van der Waals surface area contributed by atoms with Gasteiger partial charge in [0.1, 0.15) is 0 Å². The van der Waals surface area contributed by atoms with Crippen molar-refractivity contribution in [2.45, 2.75) is 5.92 Å². The quantitative estimate of drug-likeness (QED) is 0.747. The summed E-state index contributed by atoms with van der Waals surface area (Å²) in [6.45, 7) is 0. The van der Waals surface area contributed by atoms with Gasteiger partial charge in [0.05, 0.1) is 5.92 Å². The second-order valence-corrected chi connectivity index (χ2v) is 4.17. The van der Waals surface area contributed by atoms with Crippen LogP contribution in [0.4, 0.5) is 5.69 Å². The number of anilines is 1. The summed E-state index contributed by atoms with van der Waals surface area (Å²) >= 11 is 0. The van der Waals surface area contributed by atoms with E-state index in [1.54, 1.807) is 6.07 Å². The standard InChI is InChI=1S/C14H12N2O2/c15-11-7-3-1-5-9(11)13-10-6-2-4-8-12(10)18-16-14(13)17/h1-8,13H,15H2,(H,16,17). The molecule has 1 aliphatic rings. The van der Waals surface area contributed by atoms with Crippen molar-refractivity contribution in [3.05, 3.63) is 59.7 Å². The predicted octanol–water partition coefficient (Wildman–Crippen LogP) is 1.82. The molecule has 0 aromatic heterocycles. The number of amides is 1. The van der Waals surface area contributed by atoms with Gasteiger partial charge < -0.3 is 10.6 Å². The summed E-state index contributed by atoms with van der Waals surface area (Å²) < 4.78 is 0. The van der Waals surface area contributed by atoms with Crippen LogP contribution in [-0.4, -0.2) is 5.91 Å². The number of hydrogen-bond donors (Lipinski definition) is 2. The first kappa shape index (κ1) is 10.7. The molecule has 3 rings (SSSR count). The van der Waals surface area contributed by atoms with E-state index in [9.17, 15) is 4.79 Å². The first-order valence-electron chi connectivity index (χ1n) is 5.67. The van der Waals surface area contributed by atoms with Gasteiger partial charge in [-0.25, -0.2) is 0 Å². The third-order valence-electron chi connectivity index (χ3n) is 3.06. The average Bonchev–Trinajstić information content (AvgIpc) is 2.40. The van der Waals surface area contributed by atoms with Gasteiger partial charge in [0.25, 0.3) is 5.91 Å². The van der Waals surface area contributed by atoms with Crippen LogP contribution in [0.25, 0.3) is 0 Å². The molecule has 0 spiro atoms. The summed E-state index contributed by atoms with van der Waals surface area (Å²) in [6.07, 6.45) is 0. The van der Waals surface area contributed by atoms with E-state index < -0.39 is 5.92 Å². The Hall–Kier alpha value is -2.49. The monoisotopic (exact) mass is 240 g/mol. The summed E-state index contributed by atoms with van der Waals surface area (Å²) in [6, 6.07) is 14.8. The second kappa shape index (κ2) is 4.07. The molecule has 3 N–H and O–H groups in total. The van der Waals surface area contributed by atoms with E-state index in [1.165, 1.54) is 0 Å². The first-order valence-corrected chi connectivity index (χ1v) is 5.67. The number of benzene rings is 2. The number of nitrogens with one attached hydrogen (secondary N) is 1. The number of rotatable bonds is 1. The smallest absolute Gasteiger partial charge is 0.264 e. The normalized spacial score (nSPS) is 17.6. The summed E-state index contributed by atoms with van der Waals surface area (Å²) in [5.41, 5.74) is 10.6. The minimum atomic E-state index is -0.420. The SMILES string of the molecule is Nc1ccccc1C1C(=O)NOc2ccccc21. The van der Waals surface area contributed by atoms with Gasteiger partial charge in [-0.3, -0.25) is 4.79 Å². The molecule has 0 saturated carbocycles. The van der Waals surface area contributed by atoms with Gasteiger partial charge in [-0.1, -0.05) is 36.4 Å². The Morgan fingerprint density at radius 1 is 1.00 bits per heavy atom. The fourth-order valence-electron chi connectivity index (χ4n) is 2.20. The van der Waals surface area contributed by atoms with Gasteiger partial charge in [0.2, 0.25) is 0 Å². The fourth-order valence-corrected chi connectivity index (χ4v) is 2.20. The molecule has 4 heteroatoms. The lowest BCUT2D eigenvalue weighted by molar-refractivity contribution is -0.129. The lowest BCUT2D eigenvalue weighted by Gasteiger charge is -2.25. The molecule has 0 radical (unpaired) electrons. The van der Waals surface area contributed by atoms with Crippen molar-refractivity contribution >= 4 is 11.6 Å². The van der Waals surface area contributed by atoms with Crippen LogP contribution in [-0.2, 0) is 4.79 Å². The summed E-state index contributed by atoms with van der Waals surface area (Å²) in [4.78, 5) is 17.2. The summed E-state index contributed by atoms with van der Waals surface area (Å²) in [7, 11) is 0. The Morgan fingerprint density at radius 3 is 2.44 bits per heavy atom. The van der Waals surface area contributed by atoms with E-state index in [0.717, 1.165) is 11.1 Å². The van der Waals surface area contributed by atoms with Gasteiger partial charge in [0, 0.05) is 11.3 Å². The Morgan fingerprint density at radius 2 is 1.67 bits per heavy atom. The molecule has 2 aromatic carbocycles. The molecule has 0 saturated heterocycles. The van der Waals surface area contributed by atoms with Crippen molar-refractivity contribution in [3.63, 3.8) is 0 Å². The van der Waals surface area contributed by atoms with Gasteiger partial charge in [-0.2, -0.15) is 5.48 Å². The molecule has 2 aromatic rings. The van der Waals surface area contributed by atoms with E-state index in [2.05, 4.69) is 5.48 Å². The Bertz CT molecular complexity index is 610. The lowest BCUT2D eigenvalue weighted by atomic mass is 9.88. The number of carbonyl (C=O) groups excluding carboxylic acids is 1. The molecule has 4 nitrogen and oxygen atoms in total. The highest BCUT2D eigenvalue weighted by Gasteiger charge is 2.31. The van der Waals surface area contributed by atoms with E-state index >= 15 is 0 Å². The third kappa shape index (κ3) is 1.59. The van der Waals surface area contributed by atoms with Crippen LogP contribution in [0.5, 0.6) is 5.75 Å². The minimum absolute atomic E-state index is 0.202. The van der Waals surface area contributed by atoms with Crippen molar-refractivity contribution < 1.29 is 9.63 Å². The van der Waals surface area contributed by atoms with Crippen molar-refractivity contribution in [1.29, 1.82) is 0 Å². The van der Waals surface area contributed by atoms with E-state index in [0.29, 0.717) is 11.4 Å². The molecule has 18 heavy (non-hydrogen) atoms. The van der Waals surface area contributed by atoms with Crippen molar-refractivity contribution in [2.75, 3.05) is 5.73 Å². The Labute approximate surface area is 104 Å². The predicted molar refractivity (Wildman–Crippen MR) is 67.9 cm³/mol. The minimum Gasteiger partial charge on any atom is -0.398 e. The van der Waals surface area contributed by atoms with Crippen LogP contribution < -0.4 is 16.1 Å². The van der Waals surface area contributed by atoms with Crippen molar-refractivity contribution in [1.82, 2.24) is 5.48 Å². The summed E-state index contributed by atoms with van der Waals surface area (Å²) in [5, 5.41) is 0. The third-order valence-corrected chi connectivity index (χ3v) is 3.06. The van der Waals surface area contributed by atoms with E-state index in [-0.39, 0.29) is 5.91 Å². The van der Waals surface area contributed by atoms with E-state index in [1.807, 2.05) is 42.5 Å². The maximum absolute atomic E-state index is 12.0. The molecule has 0 fully saturated rings. The number of nitrogens with two attached hydrogens (primary N) is 1. The molecule has 0 bridgehead atoms. The Kier molecular flexibility index (Phi) is 2.41. The molecular weight excluding hydrogens is 228 g/mol. The molecule has 1 heterocycles. The second-order valence-electron chi connectivity index (χ2n) is 4.17. The lowest BCUT2D eigenvalue weighted by Crippen LogP contribution is -2.37. The maximum Gasteiger partial charge on any atom is 0.264 e. The zero-order valence-corrected chi connectivity index (χ0v) is 9.59. The van der Waals surface area contributed by atoms with Crippen molar-refractivity contribution in [3.8, 4) is 5.75 Å². The summed E-state index contributed by atoms with van der Waals surface area (Å²) in [5.74, 6) is 0.0353. The van der Waals surface area contributed by atoms with Crippen LogP contribution in [0, 0.1) is 0 Å². The molecule has 1 unspecified atom stereocenters. The average molecular weight is 240 g/mol. The molecule has 1 amide bonds. The van der Waals surface area contributed by atoms with Gasteiger partial charge in [-0.05, 0) is 17.7 Å². The number of para-hydroxylation sites is 2. The molecule has 1 aliphatic heterocycles. The number of fused-ring (bicyclic) bond motifs is 1. The van der Waals surface area contributed by atoms with Crippen LogP contribution in [0.1, 0.15) is 17.0 Å². The maximum atomic E-state index is 12.0. The van der Waals surface area contributed by atoms with Crippen LogP contribution >= 0.6 is 0 Å². The molecule has 0 aliphatic carbocycles. The van der Waals surface area contributed by atoms with Crippen LogP contribution in [0.15, 0.2) is 48.5 Å². The highest BCUT2D eigenvalue weighted by molar-refractivity contribution is 5.90. The largest absolute Gasteiger partial charge is 0.398 e. The first-order chi connectivity index (χ1) is 8.77. The number of nitrogen functional groups attached to an aromatic ring is 1. The Balaban J connectivity index is 2.17. The van der Waals surface area contributed by atoms with Crippen molar-refractivity contribution in [2.24, 2.45) is 0 Å². The zero-order valence-electron chi connectivity index (χ0n) is 9.59.